The molecule has 9 nitrogen and oxygen atoms in total. The Morgan fingerprint density at radius 2 is 1.96 bits per heavy atom. The van der Waals surface area contributed by atoms with Gasteiger partial charge in [-0.15, -0.1) is 0 Å². The number of aromatic nitrogens is 1. The molecule has 2 heterocycles. The van der Waals surface area contributed by atoms with Gasteiger partial charge in [-0.05, 0) is 20.8 Å². The Morgan fingerprint density at radius 3 is 2.52 bits per heavy atom. The summed E-state index contributed by atoms with van der Waals surface area (Å²) in [5.41, 5.74) is 0.249. The van der Waals surface area contributed by atoms with Gasteiger partial charge in [0, 0.05) is 13.0 Å². The molecule has 1 aliphatic rings. The number of carbonyl (C=O) groups is 1. The lowest BCUT2D eigenvalue weighted by Crippen LogP contribution is -2.39. The molecule has 2 N–H and O–H groups in total. The third-order valence-corrected chi connectivity index (χ3v) is 5.10. The summed E-state index contributed by atoms with van der Waals surface area (Å²) in [6.07, 6.45) is 0.482. The SMILES string of the molecule is Cc1noc(C)c1S(=O)(=O)NCC(=O)NCCC1(C)OCCO1. The van der Waals surface area contributed by atoms with Gasteiger partial charge in [-0.3, -0.25) is 4.79 Å². The summed E-state index contributed by atoms with van der Waals surface area (Å²) in [4.78, 5) is 11.7. The summed E-state index contributed by atoms with van der Waals surface area (Å²) in [5.74, 6) is -0.954. The third kappa shape index (κ3) is 4.50. The molecule has 0 aromatic carbocycles. The second-order valence-corrected chi connectivity index (χ2v) is 7.11. The van der Waals surface area contributed by atoms with Crippen LogP contribution in [0.3, 0.4) is 0 Å². The number of aryl methyl sites for hydroxylation is 2. The van der Waals surface area contributed by atoms with E-state index in [9.17, 15) is 13.2 Å². The highest BCUT2D eigenvalue weighted by Crippen LogP contribution is 2.21. The highest BCUT2D eigenvalue weighted by atomic mass is 32.2. The van der Waals surface area contributed by atoms with Crippen molar-refractivity contribution in [2.75, 3.05) is 26.3 Å². The Kier molecular flexibility index (Phi) is 5.40. The van der Waals surface area contributed by atoms with Gasteiger partial charge in [-0.1, -0.05) is 5.16 Å². The first-order valence-corrected chi connectivity index (χ1v) is 8.69. The normalized spacial score (nSPS) is 17.3. The van der Waals surface area contributed by atoms with Crippen LogP contribution < -0.4 is 10.0 Å². The maximum atomic E-state index is 12.1. The Hall–Kier alpha value is -1.49. The number of carbonyl (C=O) groups excluding carboxylic acids is 1. The van der Waals surface area contributed by atoms with Gasteiger partial charge >= 0.3 is 0 Å². The Bertz CT molecular complexity index is 644. The minimum absolute atomic E-state index is 0.0365. The molecule has 0 aliphatic carbocycles. The van der Waals surface area contributed by atoms with Crippen LogP contribution >= 0.6 is 0 Å². The topological polar surface area (TPSA) is 120 Å². The predicted molar refractivity (Wildman–Crippen MR) is 79.1 cm³/mol. The summed E-state index contributed by atoms with van der Waals surface area (Å²) in [7, 11) is -3.84. The summed E-state index contributed by atoms with van der Waals surface area (Å²) in [6.45, 7) is 5.83. The fourth-order valence-corrected chi connectivity index (χ4v) is 3.59. The van der Waals surface area contributed by atoms with Crippen LogP contribution in [-0.4, -0.2) is 51.6 Å². The van der Waals surface area contributed by atoms with E-state index in [4.69, 9.17) is 14.0 Å². The van der Waals surface area contributed by atoms with E-state index in [-0.39, 0.29) is 22.9 Å². The zero-order valence-electron chi connectivity index (χ0n) is 13.3. The molecule has 23 heavy (non-hydrogen) atoms. The number of amides is 1. The third-order valence-electron chi connectivity index (χ3n) is 3.46. The van der Waals surface area contributed by atoms with Crippen molar-refractivity contribution < 1.29 is 27.2 Å². The summed E-state index contributed by atoms with van der Waals surface area (Å²) in [5, 5.41) is 6.21. The van der Waals surface area contributed by atoms with Crippen LogP contribution in [-0.2, 0) is 24.3 Å². The maximum absolute atomic E-state index is 12.1. The van der Waals surface area contributed by atoms with Gasteiger partial charge in [-0.25, -0.2) is 13.1 Å². The van der Waals surface area contributed by atoms with Crippen molar-refractivity contribution in [3.05, 3.63) is 11.5 Å². The van der Waals surface area contributed by atoms with Crippen LogP contribution in [0.2, 0.25) is 0 Å². The highest BCUT2D eigenvalue weighted by Gasteiger charge is 2.30. The van der Waals surface area contributed by atoms with Gasteiger partial charge in [-0.2, -0.15) is 0 Å². The minimum Gasteiger partial charge on any atom is -0.360 e. The van der Waals surface area contributed by atoms with Crippen molar-refractivity contribution in [2.45, 2.75) is 37.9 Å². The number of nitrogens with one attached hydrogen (secondary N) is 2. The fraction of sp³-hybridized carbons (Fsp3) is 0.692. The number of hydrogen-bond donors (Lipinski definition) is 2. The van der Waals surface area contributed by atoms with E-state index in [1.54, 1.807) is 6.92 Å². The molecule has 130 valence electrons. The van der Waals surface area contributed by atoms with Crippen LogP contribution in [0.4, 0.5) is 0 Å². The average Bonchev–Trinajstić information content (AvgIpc) is 3.04. The second kappa shape index (κ2) is 6.95. The molecular weight excluding hydrogens is 326 g/mol. The van der Waals surface area contributed by atoms with Crippen molar-refractivity contribution in [1.82, 2.24) is 15.2 Å². The molecule has 0 spiro atoms. The van der Waals surface area contributed by atoms with E-state index >= 15 is 0 Å². The van der Waals surface area contributed by atoms with Crippen LogP contribution in [0, 0.1) is 13.8 Å². The summed E-state index contributed by atoms with van der Waals surface area (Å²) < 4.78 is 42.2. The van der Waals surface area contributed by atoms with Crippen LogP contribution in [0.15, 0.2) is 9.42 Å². The molecule has 1 aromatic rings. The zero-order valence-corrected chi connectivity index (χ0v) is 14.2. The largest absolute Gasteiger partial charge is 0.360 e. The molecule has 10 heteroatoms. The molecule has 1 aliphatic heterocycles. The molecule has 0 bridgehead atoms. The van der Waals surface area contributed by atoms with Crippen LogP contribution in [0.25, 0.3) is 0 Å². The first-order chi connectivity index (χ1) is 10.7. The van der Waals surface area contributed by atoms with E-state index < -0.39 is 21.7 Å². The van der Waals surface area contributed by atoms with Gasteiger partial charge in [0.15, 0.2) is 11.5 Å². The molecule has 0 radical (unpaired) electrons. The van der Waals surface area contributed by atoms with Gasteiger partial charge in [0.2, 0.25) is 15.9 Å². The lowest BCUT2D eigenvalue weighted by atomic mass is 10.2. The monoisotopic (exact) mass is 347 g/mol. The van der Waals surface area contributed by atoms with E-state index in [0.717, 1.165) is 0 Å². The maximum Gasteiger partial charge on any atom is 0.246 e. The van der Waals surface area contributed by atoms with E-state index in [0.29, 0.717) is 26.2 Å². The number of hydrogen-bond acceptors (Lipinski definition) is 7. The van der Waals surface area contributed by atoms with Crippen molar-refractivity contribution >= 4 is 15.9 Å². The fourth-order valence-electron chi connectivity index (χ4n) is 2.28. The number of ether oxygens (including phenoxy) is 2. The second-order valence-electron chi connectivity index (χ2n) is 5.41. The number of sulfonamides is 1. The van der Waals surface area contributed by atoms with E-state index in [1.807, 2.05) is 0 Å². The van der Waals surface area contributed by atoms with Crippen molar-refractivity contribution in [2.24, 2.45) is 0 Å². The van der Waals surface area contributed by atoms with E-state index in [2.05, 4.69) is 15.2 Å². The van der Waals surface area contributed by atoms with E-state index in [1.165, 1.54) is 13.8 Å². The summed E-state index contributed by atoms with van der Waals surface area (Å²) in [6, 6.07) is 0. The molecule has 2 rings (SSSR count). The Morgan fingerprint density at radius 1 is 1.30 bits per heavy atom. The zero-order chi connectivity index (χ0) is 17.1. The molecule has 0 unspecified atom stereocenters. The van der Waals surface area contributed by atoms with Crippen molar-refractivity contribution in [1.29, 1.82) is 0 Å². The molecule has 1 amide bonds. The molecule has 0 atom stereocenters. The first-order valence-electron chi connectivity index (χ1n) is 7.21. The van der Waals surface area contributed by atoms with Gasteiger partial charge in [0.1, 0.15) is 10.6 Å². The van der Waals surface area contributed by atoms with Crippen molar-refractivity contribution in [3.63, 3.8) is 0 Å². The van der Waals surface area contributed by atoms with Crippen molar-refractivity contribution in [3.8, 4) is 0 Å². The predicted octanol–water partition coefficient (Wildman–Crippen LogP) is -0.161. The smallest absolute Gasteiger partial charge is 0.246 e. The molecule has 1 fully saturated rings. The molecule has 1 aromatic heterocycles. The molecule has 1 saturated heterocycles. The van der Waals surface area contributed by atoms with Crippen LogP contribution in [0.1, 0.15) is 24.8 Å². The Labute approximate surface area is 134 Å². The molecule has 0 saturated carbocycles. The lowest BCUT2D eigenvalue weighted by Gasteiger charge is -2.22. The average molecular weight is 347 g/mol. The summed E-state index contributed by atoms with van der Waals surface area (Å²) >= 11 is 0. The van der Waals surface area contributed by atoms with Gasteiger partial charge in [0.05, 0.1) is 19.8 Å². The van der Waals surface area contributed by atoms with Gasteiger partial charge in [0.25, 0.3) is 0 Å². The standard InChI is InChI=1S/C13H21N3O6S/c1-9-12(10(2)22-16-9)23(18,19)15-8-11(17)14-5-4-13(3)20-6-7-21-13/h15H,4-8H2,1-3H3,(H,14,17). The Balaban J connectivity index is 1.80. The minimum atomic E-state index is -3.84. The molecular formula is C13H21N3O6S. The number of nitrogens with zero attached hydrogens (tertiary/aromatic N) is 1. The van der Waals surface area contributed by atoms with Gasteiger partial charge < -0.3 is 19.3 Å². The van der Waals surface area contributed by atoms with Crippen LogP contribution in [0.5, 0.6) is 0 Å². The highest BCUT2D eigenvalue weighted by molar-refractivity contribution is 7.89. The quantitative estimate of drug-likeness (QED) is 0.703. The first kappa shape index (κ1) is 17.9. The lowest BCUT2D eigenvalue weighted by molar-refractivity contribution is -0.146. The number of rotatable bonds is 7.